The van der Waals surface area contributed by atoms with Crippen LogP contribution in [0.2, 0.25) is 0 Å². The van der Waals surface area contributed by atoms with Crippen molar-refractivity contribution in [1.29, 1.82) is 0 Å². The van der Waals surface area contributed by atoms with E-state index in [0.717, 1.165) is 0 Å². The number of nitrogens with one attached hydrogen (secondary N) is 1. The highest BCUT2D eigenvalue weighted by atomic mass is 19.1. The molecule has 1 aromatic carbocycles. The van der Waals surface area contributed by atoms with E-state index in [9.17, 15) is 19.1 Å². The second-order valence-electron chi connectivity index (χ2n) is 5.49. The van der Waals surface area contributed by atoms with Crippen molar-refractivity contribution < 1.29 is 23.6 Å². The first-order valence-corrected chi connectivity index (χ1v) is 7.68. The summed E-state index contributed by atoms with van der Waals surface area (Å²) in [6.45, 7) is 1.57. The molecule has 0 bridgehead atoms. The second kappa shape index (κ2) is 7.14. The summed E-state index contributed by atoms with van der Waals surface area (Å²) in [5.74, 6) is -2.21. The zero-order chi connectivity index (χ0) is 18.7. The molecule has 0 radical (unpaired) electrons. The van der Waals surface area contributed by atoms with Crippen LogP contribution in [0.15, 0.2) is 53.2 Å². The number of aromatic nitrogens is 2. The van der Waals surface area contributed by atoms with E-state index in [1.165, 1.54) is 36.5 Å². The van der Waals surface area contributed by atoms with E-state index in [1.54, 1.807) is 19.1 Å². The first kappa shape index (κ1) is 17.3. The SMILES string of the molecule is CC(NC(=O)c1ccccn1)c1onc(-c2ccc(F)cc2)c1C(=O)O. The fourth-order valence-electron chi connectivity index (χ4n) is 2.44. The van der Waals surface area contributed by atoms with Crippen LogP contribution in [0.4, 0.5) is 4.39 Å². The van der Waals surface area contributed by atoms with E-state index in [2.05, 4.69) is 15.5 Å². The standard InChI is InChI=1S/C18H14FN3O4/c1-10(21-17(23)13-4-2-3-9-20-13)16-14(18(24)25)15(22-26-16)11-5-7-12(19)8-6-11/h2-10H,1H3,(H,21,23)(H,24,25). The Morgan fingerprint density at radius 2 is 1.92 bits per heavy atom. The molecule has 132 valence electrons. The van der Waals surface area contributed by atoms with Gasteiger partial charge in [0, 0.05) is 11.8 Å². The molecule has 1 unspecified atom stereocenters. The van der Waals surface area contributed by atoms with Gasteiger partial charge in [-0.25, -0.2) is 9.18 Å². The van der Waals surface area contributed by atoms with Crippen LogP contribution in [0.1, 0.15) is 39.6 Å². The molecule has 2 aromatic heterocycles. The number of benzene rings is 1. The van der Waals surface area contributed by atoms with Gasteiger partial charge in [-0.15, -0.1) is 0 Å². The zero-order valence-electron chi connectivity index (χ0n) is 13.6. The van der Waals surface area contributed by atoms with Crippen LogP contribution in [-0.4, -0.2) is 27.1 Å². The van der Waals surface area contributed by atoms with Gasteiger partial charge in [-0.1, -0.05) is 11.2 Å². The third-order valence-electron chi connectivity index (χ3n) is 3.69. The number of carbonyl (C=O) groups excluding carboxylic acids is 1. The molecule has 0 aliphatic carbocycles. The molecular formula is C18H14FN3O4. The number of hydrogen-bond donors (Lipinski definition) is 2. The largest absolute Gasteiger partial charge is 0.477 e. The van der Waals surface area contributed by atoms with Crippen LogP contribution < -0.4 is 5.32 Å². The number of carboxylic acid groups (broad SMARTS) is 1. The molecule has 26 heavy (non-hydrogen) atoms. The van der Waals surface area contributed by atoms with Crippen molar-refractivity contribution >= 4 is 11.9 Å². The van der Waals surface area contributed by atoms with Gasteiger partial charge < -0.3 is 14.9 Å². The summed E-state index contributed by atoms with van der Waals surface area (Å²) < 4.78 is 18.3. The predicted molar refractivity (Wildman–Crippen MR) is 89.0 cm³/mol. The van der Waals surface area contributed by atoms with Gasteiger partial charge in [-0.05, 0) is 43.3 Å². The van der Waals surface area contributed by atoms with Gasteiger partial charge in [-0.3, -0.25) is 9.78 Å². The highest BCUT2D eigenvalue weighted by Gasteiger charge is 2.28. The third-order valence-corrected chi connectivity index (χ3v) is 3.69. The van der Waals surface area contributed by atoms with Crippen molar-refractivity contribution in [2.45, 2.75) is 13.0 Å². The topological polar surface area (TPSA) is 105 Å². The van der Waals surface area contributed by atoms with Crippen molar-refractivity contribution in [3.63, 3.8) is 0 Å². The number of carboxylic acids is 1. The molecule has 8 heteroatoms. The summed E-state index contributed by atoms with van der Waals surface area (Å²) in [5, 5.41) is 16.0. The summed E-state index contributed by atoms with van der Waals surface area (Å²) in [4.78, 5) is 27.8. The summed E-state index contributed by atoms with van der Waals surface area (Å²) in [7, 11) is 0. The Morgan fingerprint density at radius 3 is 2.54 bits per heavy atom. The first-order chi connectivity index (χ1) is 12.5. The van der Waals surface area contributed by atoms with Gasteiger partial charge in [0.05, 0.1) is 6.04 Å². The molecule has 2 heterocycles. The lowest BCUT2D eigenvalue weighted by Gasteiger charge is -2.11. The van der Waals surface area contributed by atoms with Gasteiger partial charge in [0.2, 0.25) is 0 Å². The molecule has 0 aliphatic rings. The van der Waals surface area contributed by atoms with Gasteiger partial charge in [0.25, 0.3) is 5.91 Å². The minimum Gasteiger partial charge on any atom is -0.477 e. The van der Waals surface area contributed by atoms with Gasteiger partial charge in [0.1, 0.15) is 22.8 Å². The lowest BCUT2D eigenvalue weighted by Crippen LogP contribution is -2.28. The van der Waals surface area contributed by atoms with Gasteiger partial charge in [0.15, 0.2) is 5.76 Å². The quantitative estimate of drug-likeness (QED) is 0.729. The highest BCUT2D eigenvalue weighted by molar-refractivity contribution is 5.96. The molecule has 0 fully saturated rings. The lowest BCUT2D eigenvalue weighted by molar-refractivity contribution is 0.0692. The number of halogens is 1. The Labute approximate surface area is 147 Å². The summed E-state index contributed by atoms with van der Waals surface area (Å²) in [5.41, 5.74) is 0.452. The molecule has 2 N–H and O–H groups in total. The fraction of sp³-hybridized carbons (Fsp3) is 0.111. The molecule has 1 amide bonds. The molecule has 0 aliphatic heterocycles. The highest BCUT2D eigenvalue weighted by Crippen LogP contribution is 2.29. The molecule has 0 spiro atoms. The van der Waals surface area contributed by atoms with E-state index in [4.69, 9.17) is 4.52 Å². The summed E-state index contributed by atoms with van der Waals surface area (Å²) >= 11 is 0. The summed E-state index contributed by atoms with van der Waals surface area (Å²) in [6.07, 6.45) is 1.48. The Balaban J connectivity index is 1.91. The minimum absolute atomic E-state index is 0.0129. The number of nitrogens with zero attached hydrogens (tertiary/aromatic N) is 2. The number of aromatic carboxylic acids is 1. The lowest BCUT2D eigenvalue weighted by atomic mass is 10.0. The predicted octanol–water partition coefficient (Wildman–Crippen LogP) is 3.06. The fourth-order valence-corrected chi connectivity index (χ4v) is 2.44. The van der Waals surface area contributed by atoms with Gasteiger partial charge in [-0.2, -0.15) is 0 Å². The normalized spacial score (nSPS) is 11.8. The third kappa shape index (κ3) is 3.44. The molecular weight excluding hydrogens is 341 g/mol. The van der Waals surface area contributed by atoms with Crippen LogP contribution in [0.25, 0.3) is 11.3 Å². The van der Waals surface area contributed by atoms with Crippen molar-refractivity contribution in [3.8, 4) is 11.3 Å². The number of amides is 1. The molecule has 3 rings (SSSR count). The number of carbonyl (C=O) groups is 2. The minimum atomic E-state index is -1.26. The van der Waals surface area contributed by atoms with Crippen LogP contribution >= 0.6 is 0 Å². The number of rotatable bonds is 5. The number of hydrogen-bond acceptors (Lipinski definition) is 5. The smallest absolute Gasteiger partial charge is 0.341 e. The molecule has 3 aromatic rings. The number of pyridine rings is 1. The maximum Gasteiger partial charge on any atom is 0.341 e. The van der Waals surface area contributed by atoms with Gasteiger partial charge >= 0.3 is 5.97 Å². The van der Waals surface area contributed by atoms with E-state index in [1.807, 2.05) is 0 Å². The Bertz CT molecular complexity index is 939. The van der Waals surface area contributed by atoms with E-state index >= 15 is 0 Å². The van der Waals surface area contributed by atoms with Crippen LogP contribution in [0, 0.1) is 5.82 Å². The average molecular weight is 355 g/mol. The van der Waals surface area contributed by atoms with Crippen LogP contribution in [0.5, 0.6) is 0 Å². The average Bonchev–Trinajstić information content (AvgIpc) is 3.08. The maximum atomic E-state index is 13.1. The summed E-state index contributed by atoms with van der Waals surface area (Å²) in [6, 6.07) is 9.30. The Kier molecular flexibility index (Phi) is 4.74. The van der Waals surface area contributed by atoms with E-state index in [-0.39, 0.29) is 22.7 Å². The molecule has 1 atom stereocenters. The van der Waals surface area contributed by atoms with E-state index in [0.29, 0.717) is 5.56 Å². The van der Waals surface area contributed by atoms with Crippen molar-refractivity contribution in [3.05, 3.63) is 71.5 Å². The van der Waals surface area contributed by atoms with Crippen LogP contribution in [-0.2, 0) is 0 Å². The van der Waals surface area contributed by atoms with Crippen LogP contribution in [0.3, 0.4) is 0 Å². The first-order valence-electron chi connectivity index (χ1n) is 7.68. The zero-order valence-corrected chi connectivity index (χ0v) is 13.6. The van der Waals surface area contributed by atoms with Crippen molar-refractivity contribution in [1.82, 2.24) is 15.5 Å². The monoisotopic (exact) mass is 355 g/mol. The molecule has 0 saturated carbocycles. The molecule has 0 saturated heterocycles. The maximum absolute atomic E-state index is 13.1. The van der Waals surface area contributed by atoms with Crippen molar-refractivity contribution in [2.24, 2.45) is 0 Å². The second-order valence-corrected chi connectivity index (χ2v) is 5.49. The Hall–Kier alpha value is -3.55. The molecule has 7 nitrogen and oxygen atoms in total. The Morgan fingerprint density at radius 1 is 1.19 bits per heavy atom. The van der Waals surface area contributed by atoms with E-state index < -0.39 is 23.7 Å². The van der Waals surface area contributed by atoms with Crippen molar-refractivity contribution in [2.75, 3.05) is 0 Å².